The Morgan fingerprint density at radius 1 is 1.37 bits per heavy atom. The lowest BCUT2D eigenvalue weighted by atomic mass is 10.0. The molecule has 0 saturated heterocycles. The van der Waals surface area contributed by atoms with Crippen LogP contribution in [0.5, 0.6) is 5.75 Å². The molecule has 0 amide bonds. The van der Waals surface area contributed by atoms with Crippen LogP contribution >= 0.6 is 0 Å². The third-order valence-electron chi connectivity index (χ3n) is 2.68. The number of ketones is 1. The fraction of sp³-hybridized carbons (Fsp3) is 0.200. The summed E-state index contributed by atoms with van der Waals surface area (Å²) < 4.78 is 10.4. The SMILES string of the molecule is Cc1ccc(OCC(=O)C(C#N)c2ccco2)cc1. The number of hydrogen-bond donors (Lipinski definition) is 0. The predicted octanol–water partition coefficient (Wildman–Crippen LogP) is 2.84. The van der Waals surface area contributed by atoms with E-state index in [-0.39, 0.29) is 12.4 Å². The summed E-state index contributed by atoms with van der Waals surface area (Å²) in [6.07, 6.45) is 1.44. The number of Topliss-reactive ketones (excluding diaryl/α,β-unsaturated/α-hetero) is 1. The number of hydrogen-bond acceptors (Lipinski definition) is 4. The maximum atomic E-state index is 11.9. The molecular formula is C15H13NO3. The van der Waals surface area contributed by atoms with Gasteiger partial charge in [0.15, 0.2) is 11.7 Å². The van der Waals surface area contributed by atoms with Crippen molar-refractivity contribution in [3.8, 4) is 11.8 Å². The van der Waals surface area contributed by atoms with Gasteiger partial charge < -0.3 is 9.15 Å². The van der Waals surface area contributed by atoms with Gasteiger partial charge >= 0.3 is 0 Å². The first kappa shape index (κ1) is 12.9. The summed E-state index contributed by atoms with van der Waals surface area (Å²) in [6, 6.07) is 12.6. The molecule has 1 atom stereocenters. The minimum absolute atomic E-state index is 0.151. The Kier molecular flexibility index (Phi) is 3.99. The van der Waals surface area contributed by atoms with E-state index in [1.54, 1.807) is 24.3 Å². The van der Waals surface area contributed by atoms with E-state index in [0.717, 1.165) is 5.56 Å². The van der Waals surface area contributed by atoms with Gasteiger partial charge in [0.05, 0.1) is 12.3 Å². The molecule has 96 valence electrons. The normalized spacial score (nSPS) is 11.6. The molecule has 1 heterocycles. The van der Waals surface area contributed by atoms with E-state index in [4.69, 9.17) is 14.4 Å². The van der Waals surface area contributed by atoms with Crippen LogP contribution in [0, 0.1) is 18.3 Å². The van der Waals surface area contributed by atoms with Crippen molar-refractivity contribution in [2.24, 2.45) is 0 Å². The average molecular weight is 255 g/mol. The van der Waals surface area contributed by atoms with Crippen LogP contribution in [0.25, 0.3) is 0 Å². The zero-order valence-electron chi connectivity index (χ0n) is 10.5. The summed E-state index contributed by atoms with van der Waals surface area (Å²) in [5, 5.41) is 9.02. The van der Waals surface area contributed by atoms with Crippen molar-refractivity contribution in [3.05, 3.63) is 54.0 Å². The molecule has 19 heavy (non-hydrogen) atoms. The number of furan rings is 1. The first-order chi connectivity index (χ1) is 9.20. The van der Waals surface area contributed by atoms with Crippen molar-refractivity contribution in [2.75, 3.05) is 6.61 Å². The van der Waals surface area contributed by atoms with Crippen LogP contribution in [0.2, 0.25) is 0 Å². The Hall–Kier alpha value is -2.54. The molecule has 0 fully saturated rings. The Morgan fingerprint density at radius 2 is 2.11 bits per heavy atom. The molecular weight excluding hydrogens is 242 g/mol. The molecule has 4 heteroatoms. The molecule has 1 aromatic heterocycles. The summed E-state index contributed by atoms with van der Waals surface area (Å²) in [7, 11) is 0. The monoisotopic (exact) mass is 255 g/mol. The minimum Gasteiger partial charge on any atom is -0.486 e. The van der Waals surface area contributed by atoms with Gasteiger partial charge in [0, 0.05) is 0 Å². The van der Waals surface area contributed by atoms with Crippen LogP contribution in [-0.2, 0) is 4.79 Å². The minimum atomic E-state index is -0.916. The molecule has 0 aliphatic carbocycles. The maximum Gasteiger partial charge on any atom is 0.194 e. The lowest BCUT2D eigenvalue weighted by molar-refractivity contribution is -0.121. The van der Waals surface area contributed by atoms with Crippen LogP contribution in [0.15, 0.2) is 47.1 Å². The highest BCUT2D eigenvalue weighted by Gasteiger charge is 2.23. The standard InChI is InChI=1S/C15H13NO3/c1-11-4-6-12(7-5-11)19-10-14(17)13(9-16)15-3-2-8-18-15/h2-8,13H,10H2,1H3. The molecule has 2 aromatic rings. The molecule has 0 N–H and O–H groups in total. The lowest BCUT2D eigenvalue weighted by Crippen LogP contribution is -2.18. The second kappa shape index (κ2) is 5.87. The average Bonchev–Trinajstić information content (AvgIpc) is 2.93. The first-order valence-electron chi connectivity index (χ1n) is 5.86. The number of nitriles is 1. The van der Waals surface area contributed by atoms with E-state index in [9.17, 15) is 4.79 Å². The van der Waals surface area contributed by atoms with Crippen molar-refractivity contribution in [3.63, 3.8) is 0 Å². The van der Waals surface area contributed by atoms with Gasteiger partial charge in [0.2, 0.25) is 0 Å². The molecule has 0 saturated carbocycles. The molecule has 0 radical (unpaired) electrons. The van der Waals surface area contributed by atoms with Gasteiger partial charge in [0.1, 0.15) is 18.1 Å². The molecule has 2 rings (SSSR count). The van der Waals surface area contributed by atoms with E-state index in [1.165, 1.54) is 6.26 Å². The van der Waals surface area contributed by atoms with Crippen molar-refractivity contribution >= 4 is 5.78 Å². The third-order valence-corrected chi connectivity index (χ3v) is 2.68. The van der Waals surface area contributed by atoms with E-state index >= 15 is 0 Å². The summed E-state index contributed by atoms with van der Waals surface area (Å²) in [5.41, 5.74) is 1.11. The number of nitrogens with zero attached hydrogens (tertiary/aromatic N) is 1. The lowest BCUT2D eigenvalue weighted by Gasteiger charge is -2.08. The number of rotatable bonds is 5. The number of aryl methyl sites for hydroxylation is 1. The number of carbonyl (C=O) groups is 1. The summed E-state index contributed by atoms with van der Waals surface area (Å²) in [4.78, 5) is 11.9. The number of ether oxygens (including phenoxy) is 1. The zero-order valence-corrected chi connectivity index (χ0v) is 10.5. The first-order valence-corrected chi connectivity index (χ1v) is 5.86. The van der Waals surface area contributed by atoms with E-state index < -0.39 is 5.92 Å². The topological polar surface area (TPSA) is 63.2 Å². The van der Waals surface area contributed by atoms with Crippen LogP contribution in [0.4, 0.5) is 0 Å². The van der Waals surface area contributed by atoms with Crippen LogP contribution in [0.3, 0.4) is 0 Å². The van der Waals surface area contributed by atoms with Gasteiger partial charge in [-0.2, -0.15) is 5.26 Å². The molecule has 1 aromatic carbocycles. The molecule has 0 bridgehead atoms. The second-order valence-electron chi connectivity index (χ2n) is 4.15. The highest BCUT2D eigenvalue weighted by Crippen LogP contribution is 2.18. The van der Waals surface area contributed by atoms with Crippen molar-refractivity contribution in [1.29, 1.82) is 5.26 Å². The largest absolute Gasteiger partial charge is 0.486 e. The Balaban J connectivity index is 1.97. The molecule has 4 nitrogen and oxygen atoms in total. The van der Waals surface area contributed by atoms with Crippen molar-refractivity contribution in [2.45, 2.75) is 12.8 Å². The van der Waals surface area contributed by atoms with E-state index in [1.807, 2.05) is 25.1 Å². The van der Waals surface area contributed by atoms with E-state index in [0.29, 0.717) is 11.5 Å². The summed E-state index contributed by atoms with van der Waals surface area (Å²) in [5.74, 6) is -0.284. The van der Waals surface area contributed by atoms with E-state index in [2.05, 4.69) is 0 Å². The molecule has 1 unspecified atom stereocenters. The molecule has 0 spiro atoms. The Labute approximate surface area is 111 Å². The number of carbonyl (C=O) groups excluding carboxylic acids is 1. The Bertz CT molecular complexity index is 579. The fourth-order valence-electron chi connectivity index (χ4n) is 1.62. The fourth-order valence-corrected chi connectivity index (χ4v) is 1.62. The van der Waals surface area contributed by atoms with Gasteiger partial charge in [-0.15, -0.1) is 0 Å². The van der Waals surface area contributed by atoms with Gasteiger partial charge in [0.25, 0.3) is 0 Å². The van der Waals surface area contributed by atoms with Gasteiger partial charge in [-0.05, 0) is 31.2 Å². The number of benzene rings is 1. The Morgan fingerprint density at radius 3 is 2.68 bits per heavy atom. The summed E-state index contributed by atoms with van der Waals surface area (Å²) >= 11 is 0. The quantitative estimate of drug-likeness (QED) is 0.824. The smallest absolute Gasteiger partial charge is 0.194 e. The highest BCUT2D eigenvalue weighted by atomic mass is 16.5. The highest BCUT2D eigenvalue weighted by molar-refractivity contribution is 5.89. The molecule has 0 aliphatic heterocycles. The van der Waals surface area contributed by atoms with Crippen LogP contribution in [-0.4, -0.2) is 12.4 Å². The van der Waals surface area contributed by atoms with Crippen molar-refractivity contribution < 1.29 is 13.9 Å². The van der Waals surface area contributed by atoms with Gasteiger partial charge in [-0.1, -0.05) is 17.7 Å². The third kappa shape index (κ3) is 3.23. The molecule has 0 aliphatic rings. The summed E-state index contributed by atoms with van der Waals surface area (Å²) in [6.45, 7) is 1.82. The maximum absolute atomic E-state index is 11.9. The van der Waals surface area contributed by atoms with Crippen molar-refractivity contribution in [1.82, 2.24) is 0 Å². The predicted molar refractivity (Wildman–Crippen MR) is 68.7 cm³/mol. The zero-order chi connectivity index (χ0) is 13.7. The van der Waals surface area contributed by atoms with Gasteiger partial charge in [-0.3, -0.25) is 4.79 Å². The van der Waals surface area contributed by atoms with Crippen LogP contribution < -0.4 is 4.74 Å². The van der Waals surface area contributed by atoms with Crippen LogP contribution in [0.1, 0.15) is 17.2 Å². The van der Waals surface area contributed by atoms with Gasteiger partial charge in [-0.25, -0.2) is 0 Å². The second-order valence-corrected chi connectivity index (χ2v) is 4.15.